The summed E-state index contributed by atoms with van der Waals surface area (Å²) in [6, 6.07) is 20.3. The van der Waals surface area contributed by atoms with Gasteiger partial charge >= 0.3 is 6.16 Å². The minimum Gasteiger partial charge on any atom is -0.303 e. The van der Waals surface area contributed by atoms with Gasteiger partial charge in [-0.1, -0.05) is 60.7 Å². The molecule has 2 unspecified atom stereocenters. The Labute approximate surface area is 135 Å². The lowest BCUT2D eigenvalue weighted by Crippen LogP contribution is -2.50. The first-order chi connectivity index (χ1) is 11.3. The van der Waals surface area contributed by atoms with Gasteiger partial charge in [0, 0.05) is 12.8 Å². The molecule has 120 valence electrons. The van der Waals surface area contributed by atoms with E-state index in [0.29, 0.717) is 13.2 Å². The molecule has 1 spiro atoms. The second-order valence-electron chi connectivity index (χ2n) is 5.81. The van der Waals surface area contributed by atoms with E-state index in [1.165, 1.54) is 0 Å². The quantitative estimate of drug-likeness (QED) is 0.841. The van der Waals surface area contributed by atoms with Crippen LogP contribution >= 0.6 is 0 Å². The van der Waals surface area contributed by atoms with Crippen LogP contribution in [0.5, 0.6) is 0 Å². The van der Waals surface area contributed by atoms with Crippen molar-refractivity contribution in [1.29, 1.82) is 0 Å². The van der Waals surface area contributed by atoms with Crippen LogP contribution in [0, 0.1) is 0 Å². The van der Waals surface area contributed by atoms with Gasteiger partial charge in [0.1, 0.15) is 0 Å². The van der Waals surface area contributed by atoms with Crippen molar-refractivity contribution in [2.45, 2.75) is 31.2 Å². The third kappa shape index (κ3) is 3.16. The zero-order valence-corrected chi connectivity index (χ0v) is 12.9. The maximum Gasteiger partial charge on any atom is 0.413 e. The molecule has 0 amide bonds. The van der Waals surface area contributed by atoms with Crippen LogP contribution in [-0.4, -0.2) is 19.4 Å². The highest BCUT2D eigenvalue weighted by atomic mass is 17.0. The van der Waals surface area contributed by atoms with E-state index in [2.05, 4.69) is 24.3 Å². The molecule has 4 rings (SSSR count). The predicted octanol–water partition coefficient (Wildman–Crippen LogP) is 3.95. The fraction of sp³-hybridized carbons (Fsp3) is 0.368. The van der Waals surface area contributed by atoms with Crippen LogP contribution in [0.3, 0.4) is 0 Å². The standard InChI is InChI=1S/C19H20O4/c1-3-7-15(8-4-1)17-11-13-20-19(22-17)21-14-12-18(23-19)16-9-5-2-6-10-16/h1-10,17-18H,11-14H2. The Bertz CT molecular complexity index is 571. The summed E-state index contributed by atoms with van der Waals surface area (Å²) in [4.78, 5) is 0. The number of hydrogen-bond donors (Lipinski definition) is 0. The van der Waals surface area contributed by atoms with Crippen molar-refractivity contribution in [1.82, 2.24) is 0 Å². The molecule has 2 aromatic rings. The van der Waals surface area contributed by atoms with Gasteiger partial charge in [-0.3, -0.25) is 9.47 Å². The zero-order valence-electron chi connectivity index (χ0n) is 12.9. The van der Waals surface area contributed by atoms with Crippen LogP contribution in [0.2, 0.25) is 0 Å². The minimum absolute atomic E-state index is 0.0838. The smallest absolute Gasteiger partial charge is 0.303 e. The van der Waals surface area contributed by atoms with E-state index in [9.17, 15) is 0 Å². The summed E-state index contributed by atoms with van der Waals surface area (Å²) >= 11 is 0. The summed E-state index contributed by atoms with van der Waals surface area (Å²) < 4.78 is 23.7. The molecule has 0 saturated carbocycles. The van der Waals surface area contributed by atoms with Crippen molar-refractivity contribution in [3.8, 4) is 0 Å². The highest BCUT2D eigenvalue weighted by molar-refractivity contribution is 5.19. The lowest BCUT2D eigenvalue weighted by atomic mass is 10.1. The molecule has 23 heavy (non-hydrogen) atoms. The summed E-state index contributed by atoms with van der Waals surface area (Å²) in [7, 11) is 0. The normalized spacial score (nSPS) is 31.1. The molecule has 0 bridgehead atoms. The second-order valence-corrected chi connectivity index (χ2v) is 5.81. The van der Waals surface area contributed by atoms with Crippen LogP contribution in [0.15, 0.2) is 60.7 Å². The Morgan fingerprint density at radius 1 is 0.652 bits per heavy atom. The molecule has 2 aromatic carbocycles. The molecule has 2 aliphatic heterocycles. The van der Waals surface area contributed by atoms with Crippen molar-refractivity contribution in [2.75, 3.05) is 13.2 Å². The molecule has 4 nitrogen and oxygen atoms in total. The molecule has 2 fully saturated rings. The molecule has 0 radical (unpaired) electrons. The molecule has 2 aliphatic rings. The summed E-state index contributed by atoms with van der Waals surface area (Å²) in [5.74, 6) is 0. The van der Waals surface area contributed by atoms with E-state index in [-0.39, 0.29) is 12.2 Å². The summed E-state index contributed by atoms with van der Waals surface area (Å²) in [5, 5.41) is 0. The predicted molar refractivity (Wildman–Crippen MR) is 84.4 cm³/mol. The van der Waals surface area contributed by atoms with Gasteiger partial charge in [-0.05, 0) is 11.1 Å². The fourth-order valence-electron chi connectivity index (χ4n) is 3.06. The number of benzene rings is 2. The van der Waals surface area contributed by atoms with E-state index < -0.39 is 6.16 Å². The average Bonchev–Trinajstić information content (AvgIpc) is 2.63. The molecule has 2 atom stereocenters. The van der Waals surface area contributed by atoms with E-state index in [1.54, 1.807) is 0 Å². The largest absolute Gasteiger partial charge is 0.413 e. The Balaban J connectivity index is 1.53. The number of hydrogen-bond acceptors (Lipinski definition) is 4. The fourth-order valence-corrected chi connectivity index (χ4v) is 3.06. The second kappa shape index (κ2) is 6.42. The zero-order chi connectivity index (χ0) is 15.5. The first-order valence-corrected chi connectivity index (χ1v) is 8.08. The van der Waals surface area contributed by atoms with Gasteiger partial charge in [0.25, 0.3) is 0 Å². The van der Waals surface area contributed by atoms with Gasteiger partial charge in [-0.2, -0.15) is 0 Å². The van der Waals surface area contributed by atoms with E-state index >= 15 is 0 Å². The van der Waals surface area contributed by atoms with Crippen molar-refractivity contribution < 1.29 is 18.9 Å². The average molecular weight is 312 g/mol. The third-order valence-electron chi connectivity index (χ3n) is 4.23. The first-order valence-electron chi connectivity index (χ1n) is 8.08. The Kier molecular flexibility index (Phi) is 4.14. The topological polar surface area (TPSA) is 36.9 Å². The van der Waals surface area contributed by atoms with Crippen molar-refractivity contribution in [3.05, 3.63) is 71.8 Å². The van der Waals surface area contributed by atoms with E-state index in [0.717, 1.165) is 24.0 Å². The van der Waals surface area contributed by atoms with Crippen LogP contribution in [0.25, 0.3) is 0 Å². The van der Waals surface area contributed by atoms with Crippen molar-refractivity contribution in [2.24, 2.45) is 0 Å². The maximum absolute atomic E-state index is 6.09. The van der Waals surface area contributed by atoms with Crippen LogP contribution in [0.1, 0.15) is 36.2 Å². The van der Waals surface area contributed by atoms with Crippen LogP contribution < -0.4 is 0 Å². The first kappa shape index (κ1) is 14.8. The van der Waals surface area contributed by atoms with E-state index in [4.69, 9.17) is 18.9 Å². The molecule has 2 heterocycles. The molecular formula is C19H20O4. The van der Waals surface area contributed by atoms with Gasteiger partial charge in [-0.25, -0.2) is 0 Å². The summed E-state index contributed by atoms with van der Waals surface area (Å²) in [6.45, 7) is 1.09. The number of rotatable bonds is 2. The maximum atomic E-state index is 6.09. The molecule has 0 aliphatic carbocycles. The van der Waals surface area contributed by atoms with Gasteiger partial charge in [0.15, 0.2) is 0 Å². The highest BCUT2D eigenvalue weighted by Crippen LogP contribution is 2.41. The van der Waals surface area contributed by atoms with Gasteiger partial charge in [0.2, 0.25) is 0 Å². The molecular weight excluding hydrogens is 292 g/mol. The lowest BCUT2D eigenvalue weighted by molar-refractivity contribution is -0.548. The summed E-state index contributed by atoms with van der Waals surface area (Å²) in [6.07, 6.45) is 0.0134. The van der Waals surface area contributed by atoms with Crippen molar-refractivity contribution >= 4 is 0 Å². The lowest BCUT2D eigenvalue weighted by Gasteiger charge is -2.43. The van der Waals surface area contributed by atoms with Gasteiger partial charge in [0.05, 0.1) is 25.4 Å². The Hall–Kier alpha value is -1.72. The van der Waals surface area contributed by atoms with Gasteiger partial charge < -0.3 is 9.47 Å². The SMILES string of the molecule is c1ccc(C2CCOC3(OCCC(c4ccccc4)O3)O2)cc1. The molecule has 2 saturated heterocycles. The Morgan fingerprint density at radius 3 is 1.52 bits per heavy atom. The van der Waals surface area contributed by atoms with E-state index in [1.807, 2.05) is 36.4 Å². The van der Waals surface area contributed by atoms with Crippen LogP contribution in [-0.2, 0) is 18.9 Å². The molecule has 0 aromatic heterocycles. The highest BCUT2D eigenvalue weighted by Gasteiger charge is 2.47. The van der Waals surface area contributed by atoms with Gasteiger partial charge in [-0.15, -0.1) is 0 Å². The number of ether oxygens (including phenoxy) is 4. The monoisotopic (exact) mass is 312 g/mol. The summed E-state index contributed by atoms with van der Waals surface area (Å²) in [5.41, 5.74) is 2.23. The van der Waals surface area contributed by atoms with Crippen LogP contribution in [0.4, 0.5) is 0 Å². The molecule has 4 heteroatoms. The minimum atomic E-state index is -1.39. The third-order valence-corrected chi connectivity index (χ3v) is 4.23. The Morgan fingerprint density at radius 2 is 1.09 bits per heavy atom. The van der Waals surface area contributed by atoms with Crippen molar-refractivity contribution in [3.63, 3.8) is 0 Å². The molecule has 0 N–H and O–H groups in total.